The monoisotopic (exact) mass is 404 g/mol. The van der Waals surface area contributed by atoms with Crippen LogP contribution >= 0.6 is 12.2 Å². The van der Waals surface area contributed by atoms with Crippen molar-refractivity contribution in [3.05, 3.63) is 90.0 Å². The maximum atomic E-state index is 12.4. The highest BCUT2D eigenvalue weighted by molar-refractivity contribution is 7.80. The minimum absolute atomic E-state index is 0.0439. The fraction of sp³-hybridized carbons (Fsp3) is 0.167. The zero-order chi connectivity index (χ0) is 20.9. The molecule has 5 heteroatoms. The smallest absolute Gasteiger partial charge is 0.257 e. The summed E-state index contributed by atoms with van der Waals surface area (Å²) < 4.78 is 5.76. The fourth-order valence-electron chi connectivity index (χ4n) is 2.69. The average Bonchev–Trinajstić information content (AvgIpc) is 2.69. The van der Waals surface area contributed by atoms with E-state index in [9.17, 15) is 4.79 Å². The molecule has 0 aromatic heterocycles. The number of hydrogen-bond acceptors (Lipinski definition) is 3. The topological polar surface area (TPSA) is 50.4 Å². The Labute approximate surface area is 176 Å². The van der Waals surface area contributed by atoms with E-state index in [2.05, 4.69) is 31.4 Å². The number of hydrogen-bond donors (Lipinski definition) is 2. The summed E-state index contributed by atoms with van der Waals surface area (Å²) >= 11 is 5.26. The third-order valence-corrected chi connectivity index (χ3v) is 4.54. The zero-order valence-electron chi connectivity index (χ0n) is 16.7. The first-order valence-corrected chi connectivity index (χ1v) is 9.78. The summed E-state index contributed by atoms with van der Waals surface area (Å²) in [5.74, 6) is 1.25. The van der Waals surface area contributed by atoms with Crippen LogP contribution in [0.2, 0.25) is 0 Å². The van der Waals surface area contributed by atoms with Crippen molar-refractivity contribution >= 4 is 28.9 Å². The van der Waals surface area contributed by atoms with E-state index in [-0.39, 0.29) is 16.4 Å². The van der Waals surface area contributed by atoms with Crippen LogP contribution in [0, 0.1) is 0 Å². The van der Waals surface area contributed by atoms with Crippen LogP contribution in [0.5, 0.6) is 11.5 Å². The van der Waals surface area contributed by atoms with E-state index in [0.29, 0.717) is 5.56 Å². The molecule has 0 aliphatic carbocycles. The first kappa shape index (κ1) is 20.6. The maximum absolute atomic E-state index is 12.4. The molecule has 4 nitrogen and oxygen atoms in total. The van der Waals surface area contributed by atoms with Gasteiger partial charge in [-0.3, -0.25) is 10.1 Å². The Morgan fingerprint density at radius 2 is 1.41 bits per heavy atom. The summed E-state index contributed by atoms with van der Waals surface area (Å²) in [5, 5.41) is 5.96. The lowest BCUT2D eigenvalue weighted by Gasteiger charge is -2.19. The SMILES string of the molecule is CC(C)(C)c1ccc(C(=O)NC(=S)Nc2ccc(Oc3ccccc3)cc2)cc1. The predicted molar refractivity (Wildman–Crippen MR) is 122 cm³/mol. The van der Waals surface area contributed by atoms with Crippen LogP contribution in [-0.4, -0.2) is 11.0 Å². The number of ether oxygens (including phenoxy) is 1. The van der Waals surface area contributed by atoms with E-state index >= 15 is 0 Å². The first-order valence-electron chi connectivity index (χ1n) is 9.37. The molecule has 0 spiro atoms. The lowest BCUT2D eigenvalue weighted by Crippen LogP contribution is -2.34. The molecule has 0 saturated heterocycles. The molecule has 29 heavy (non-hydrogen) atoms. The summed E-state index contributed by atoms with van der Waals surface area (Å²) in [6.07, 6.45) is 0. The Kier molecular flexibility index (Phi) is 6.29. The number of nitrogens with one attached hydrogen (secondary N) is 2. The van der Waals surface area contributed by atoms with Crippen LogP contribution in [-0.2, 0) is 5.41 Å². The molecule has 0 aliphatic heterocycles. The van der Waals surface area contributed by atoms with Gasteiger partial charge in [0.15, 0.2) is 5.11 Å². The normalized spacial score (nSPS) is 10.9. The van der Waals surface area contributed by atoms with Crippen LogP contribution < -0.4 is 15.4 Å². The molecule has 1 amide bonds. The second-order valence-electron chi connectivity index (χ2n) is 7.68. The van der Waals surface area contributed by atoms with Gasteiger partial charge in [0.25, 0.3) is 5.91 Å². The summed E-state index contributed by atoms with van der Waals surface area (Å²) in [6.45, 7) is 6.41. The summed E-state index contributed by atoms with van der Waals surface area (Å²) in [6, 6.07) is 24.5. The molecule has 3 aromatic carbocycles. The van der Waals surface area contributed by atoms with Crippen LogP contribution in [0.3, 0.4) is 0 Å². The van der Waals surface area contributed by atoms with Crippen molar-refractivity contribution in [2.24, 2.45) is 0 Å². The number of rotatable bonds is 4. The number of carbonyl (C=O) groups is 1. The highest BCUT2D eigenvalue weighted by atomic mass is 32.1. The molecule has 0 radical (unpaired) electrons. The van der Waals surface area contributed by atoms with E-state index in [4.69, 9.17) is 17.0 Å². The number of thiocarbonyl (C=S) groups is 1. The minimum Gasteiger partial charge on any atom is -0.457 e. The van der Waals surface area contributed by atoms with Gasteiger partial charge in [0.05, 0.1) is 0 Å². The van der Waals surface area contributed by atoms with E-state index in [0.717, 1.165) is 17.2 Å². The van der Waals surface area contributed by atoms with Crippen molar-refractivity contribution in [2.45, 2.75) is 26.2 Å². The van der Waals surface area contributed by atoms with Crippen molar-refractivity contribution in [1.82, 2.24) is 5.32 Å². The van der Waals surface area contributed by atoms with Gasteiger partial charge in [-0.15, -0.1) is 0 Å². The van der Waals surface area contributed by atoms with Gasteiger partial charge in [-0.05, 0) is 71.7 Å². The van der Waals surface area contributed by atoms with Crippen LogP contribution in [0.1, 0.15) is 36.7 Å². The highest BCUT2D eigenvalue weighted by Crippen LogP contribution is 2.23. The molecule has 0 heterocycles. The van der Waals surface area contributed by atoms with Crippen molar-refractivity contribution in [2.75, 3.05) is 5.32 Å². The summed E-state index contributed by atoms with van der Waals surface area (Å²) in [5.41, 5.74) is 2.54. The number of benzene rings is 3. The first-order chi connectivity index (χ1) is 13.8. The predicted octanol–water partition coefficient (Wildman–Crippen LogP) is 5.90. The molecule has 0 atom stereocenters. The molecular formula is C24H24N2O2S. The zero-order valence-corrected chi connectivity index (χ0v) is 17.5. The molecule has 148 valence electrons. The second-order valence-corrected chi connectivity index (χ2v) is 8.08. The lowest BCUT2D eigenvalue weighted by atomic mass is 9.87. The number of para-hydroxylation sites is 1. The fourth-order valence-corrected chi connectivity index (χ4v) is 2.90. The standard InChI is InChI=1S/C24H24N2O2S/c1-24(2,3)18-11-9-17(10-12-18)22(27)26-23(29)25-19-13-15-21(16-14-19)28-20-7-5-4-6-8-20/h4-16H,1-3H3,(H2,25,26,27,29). The van der Waals surface area contributed by atoms with Crippen molar-refractivity contribution in [3.8, 4) is 11.5 Å². The maximum Gasteiger partial charge on any atom is 0.257 e. The lowest BCUT2D eigenvalue weighted by molar-refractivity contribution is 0.0977. The van der Waals surface area contributed by atoms with Crippen LogP contribution in [0.25, 0.3) is 0 Å². The van der Waals surface area contributed by atoms with Gasteiger partial charge in [0.2, 0.25) is 0 Å². The van der Waals surface area contributed by atoms with Gasteiger partial charge >= 0.3 is 0 Å². The molecule has 3 aromatic rings. The van der Waals surface area contributed by atoms with Crippen LogP contribution in [0.4, 0.5) is 5.69 Å². The van der Waals surface area contributed by atoms with Crippen molar-refractivity contribution < 1.29 is 9.53 Å². The minimum atomic E-state index is -0.244. The molecule has 0 bridgehead atoms. The van der Waals surface area contributed by atoms with Gasteiger partial charge in [0.1, 0.15) is 11.5 Å². The Balaban J connectivity index is 1.55. The summed E-state index contributed by atoms with van der Waals surface area (Å²) in [4.78, 5) is 12.4. The Morgan fingerprint density at radius 1 is 0.828 bits per heavy atom. The molecule has 0 aliphatic rings. The molecule has 0 fully saturated rings. The van der Waals surface area contributed by atoms with Crippen molar-refractivity contribution in [1.29, 1.82) is 0 Å². The third-order valence-electron chi connectivity index (χ3n) is 4.33. The largest absolute Gasteiger partial charge is 0.457 e. The third kappa shape index (κ3) is 5.90. The molecular weight excluding hydrogens is 380 g/mol. The highest BCUT2D eigenvalue weighted by Gasteiger charge is 2.14. The van der Waals surface area contributed by atoms with Gasteiger partial charge in [-0.25, -0.2) is 0 Å². The number of carbonyl (C=O) groups excluding carboxylic acids is 1. The quantitative estimate of drug-likeness (QED) is 0.531. The van der Waals surface area contributed by atoms with E-state index in [1.165, 1.54) is 5.56 Å². The van der Waals surface area contributed by atoms with Gasteiger partial charge in [-0.2, -0.15) is 0 Å². The molecule has 0 saturated carbocycles. The van der Waals surface area contributed by atoms with E-state index < -0.39 is 0 Å². The molecule has 3 rings (SSSR count). The number of amides is 1. The summed E-state index contributed by atoms with van der Waals surface area (Å²) in [7, 11) is 0. The Morgan fingerprint density at radius 3 is 2.00 bits per heavy atom. The van der Waals surface area contributed by atoms with Gasteiger partial charge in [0, 0.05) is 11.3 Å². The van der Waals surface area contributed by atoms with E-state index in [1.807, 2.05) is 78.9 Å². The molecule has 2 N–H and O–H groups in total. The Bertz CT molecular complexity index is 976. The van der Waals surface area contributed by atoms with Crippen molar-refractivity contribution in [3.63, 3.8) is 0 Å². The molecule has 0 unspecified atom stereocenters. The van der Waals surface area contributed by atoms with Gasteiger partial charge < -0.3 is 10.1 Å². The van der Waals surface area contributed by atoms with Crippen LogP contribution in [0.15, 0.2) is 78.9 Å². The Hall–Kier alpha value is -3.18. The average molecular weight is 405 g/mol. The number of anilines is 1. The van der Waals surface area contributed by atoms with E-state index in [1.54, 1.807) is 0 Å². The second kappa shape index (κ2) is 8.88. The van der Waals surface area contributed by atoms with Gasteiger partial charge in [-0.1, -0.05) is 51.1 Å².